The van der Waals surface area contributed by atoms with Crippen LogP contribution in [0.2, 0.25) is 0 Å². The zero-order valence-electron chi connectivity index (χ0n) is 10.6. The van der Waals surface area contributed by atoms with Crippen LogP contribution in [0.3, 0.4) is 0 Å². The Hall–Kier alpha value is -1.46. The Kier molecular flexibility index (Phi) is 4.28. The van der Waals surface area contributed by atoms with Crippen molar-refractivity contribution in [3.8, 4) is 0 Å². The van der Waals surface area contributed by atoms with Crippen molar-refractivity contribution in [2.75, 3.05) is 13.2 Å². The predicted octanol–water partition coefficient (Wildman–Crippen LogP) is 0.234. The Labute approximate surface area is 107 Å². The minimum Gasteiger partial charge on any atom is -0.379 e. The number of aromatic nitrogens is 1. The number of nitrogens with one attached hydrogen (secondary N) is 1. The Morgan fingerprint density at radius 1 is 1.61 bits per heavy atom. The second-order valence-corrected chi connectivity index (χ2v) is 4.49. The fourth-order valence-electron chi connectivity index (χ4n) is 2.10. The highest BCUT2D eigenvalue weighted by atomic mass is 16.5. The van der Waals surface area contributed by atoms with Crippen molar-refractivity contribution in [3.63, 3.8) is 0 Å². The number of carbonyl (C=O) groups excluding carboxylic acids is 1. The molecule has 0 aliphatic carbocycles. The molecule has 1 aliphatic heterocycles. The summed E-state index contributed by atoms with van der Waals surface area (Å²) in [5.74, 6) is -0.286. The molecule has 3 N–H and O–H groups in total. The summed E-state index contributed by atoms with van der Waals surface area (Å²) in [6, 6.07) is 3.74. The molecule has 2 rings (SSSR count). The lowest BCUT2D eigenvalue weighted by atomic mass is 10.0. The summed E-state index contributed by atoms with van der Waals surface area (Å²) in [6.45, 7) is 3.40. The monoisotopic (exact) mass is 249 g/mol. The topological polar surface area (TPSA) is 77.2 Å². The Morgan fingerprint density at radius 3 is 3.11 bits per heavy atom. The van der Waals surface area contributed by atoms with Crippen molar-refractivity contribution < 1.29 is 9.53 Å². The molecule has 98 valence electrons. The molecule has 1 amide bonds. The van der Waals surface area contributed by atoms with Crippen LogP contribution < -0.4 is 11.1 Å². The van der Waals surface area contributed by atoms with Gasteiger partial charge in [-0.2, -0.15) is 0 Å². The molecule has 0 bridgehead atoms. The van der Waals surface area contributed by atoms with Crippen LogP contribution in [0.1, 0.15) is 18.2 Å². The summed E-state index contributed by atoms with van der Waals surface area (Å²) in [4.78, 5) is 16.2. The molecule has 2 unspecified atom stereocenters. The molecule has 1 fully saturated rings. The molecular weight excluding hydrogens is 230 g/mol. The van der Waals surface area contributed by atoms with Gasteiger partial charge in [-0.1, -0.05) is 13.0 Å². The van der Waals surface area contributed by atoms with E-state index in [-0.39, 0.29) is 17.9 Å². The Bertz CT molecular complexity index is 422. The maximum absolute atomic E-state index is 11.9. The third-order valence-electron chi connectivity index (χ3n) is 3.26. The lowest BCUT2D eigenvalue weighted by Gasteiger charge is -2.14. The van der Waals surface area contributed by atoms with E-state index in [1.165, 1.54) is 0 Å². The number of nitrogens with zero attached hydrogens (tertiary/aromatic N) is 1. The number of amides is 1. The first kappa shape index (κ1) is 13.0. The van der Waals surface area contributed by atoms with Crippen molar-refractivity contribution in [2.45, 2.75) is 25.9 Å². The number of hydrogen-bond donors (Lipinski definition) is 2. The quantitative estimate of drug-likeness (QED) is 0.801. The number of hydrogen-bond acceptors (Lipinski definition) is 4. The number of nitrogens with two attached hydrogens (primary N) is 1. The smallest absolute Gasteiger partial charge is 0.227 e. The van der Waals surface area contributed by atoms with Gasteiger partial charge in [0.25, 0.3) is 0 Å². The number of ether oxygens (including phenoxy) is 1. The summed E-state index contributed by atoms with van der Waals surface area (Å²) in [7, 11) is 0. The zero-order chi connectivity index (χ0) is 13.0. The van der Waals surface area contributed by atoms with E-state index in [1.807, 2.05) is 12.1 Å². The summed E-state index contributed by atoms with van der Waals surface area (Å²) in [5, 5.41) is 2.88. The molecule has 1 aromatic heterocycles. The van der Waals surface area contributed by atoms with Gasteiger partial charge in [0.1, 0.15) is 0 Å². The average molecular weight is 249 g/mol. The van der Waals surface area contributed by atoms with E-state index in [0.717, 1.165) is 17.7 Å². The normalized spacial score (nSPS) is 23.0. The van der Waals surface area contributed by atoms with Crippen LogP contribution >= 0.6 is 0 Å². The maximum Gasteiger partial charge on any atom is 0.227 e. The molecule has 1 aromatic rings. The third kappa shape index (κ3) is 2.86. The molecule has 1 aliphatic rings. The van der Waals surface area contributed by atoms with E-state index in [2.05, 4.69) is 17.2 Å². The van der Waals surface area contributed by atoms with Crippen molar-refractivity contribution in [1.29, 1.82) is 0 Å². The molecule has 1 saturated heterocycles. The van der Waals surface area contributed by atoms with Gasteiger partial charge < -0.3 is 15.8 Å². The minimum atomic E-state index is -0.237. The average Bonchev–Trinajstić information content (AvgIpc) is 2.82. The summed E-state index contributed by atoms with van der Waals surface area (Å²) >= 11 is 0. The molecule has 5 nitrogen and oxygen atoms in total. The van der Waals surface area contributed by atoms with Crippen molar-refractivity contribution in [2.24, 2.45) is 11.7 Å². The molecule has 5 heteroatoms. The zero-order valence-corrected chi connectivity index (χ0v) is 10.6. The van der Waals surface area contributed by atoms with Gasteiger partial charge in [-0.15, -0.1) is 0 Å². The molecule has 18 heavy (non-hydrogen) atoms. The summed E-state index contributed by atoms with van der Waals surface area (Å²) in [5.41, 5.74) is 7.88. The van der Waals surface area contributed by atoms with Gasteiger partial charge in [-0.3, -0.25) is 9.78 Å². The van der Waals surface area contributed by atoms with E-state index in [1.54, 1.807) is 6.20 Å². The van der Waals surface area contributed by atoms with Crippen LogP contribution in [0.4, 0.5) is 0 Å². The van der Waals surface area contributed by atoms with Crippen molar-refractivity contribution in [3.05, 3.63) is 29.6 Å². The van der Waals surface area contributed by atoms with Gasteiger partial charge in [-0.05, 0) is 18.1 Å². The SMILES string of the molecule is CCc1cccnc1CNC(=O)C1COCC1N. The van der Waals surface area contributed by atoms with Gasteiger partial charge in [-0.25, -0.2) is 0 Å². The Morgan fingerprint density at radius 2 is 2.44 bits per heavy atom. The highest BCUT2D eigenvalue weighted by Gasteiger charge is 2.31. The molecule has 0 radical (unpaired) electrons. The van der Waals surface area contributed by atoms with E-state index in [4.69, 9.17) is 10.5 Å². The summed E-state index contributed by atoms with van der Waals surface area (Å²) < 4.78 is 5.19. The maximum atomic E-state index is 11.9. The Balaban J connectivity index is 1.93. The predicted molar refractivity (Wildman–Crippen MR) is 67.7 cm³/mol. The molecule has 2 atom stereocenters. The van der Waals surface area contributed by atoms with Crippen LogP contribution in [0, 0.1) is 5.92 Å². The summed E-state index contributed by atoms with van der Waals surface area (Å²) in [6.07, 6.45) is 2.65. The lowest BCUT2D eigenvalue weighted by Crippen LogP contribution is -2.40. The molecule has 2 heterocycles. The highest BCUT2D eigenvalue weighted by Crippen LogP contribution is 2.12. The standard InChI is InChI=1S/C13H19N3O2/c1-2-9-4-3-5-15-12(9)6-16-13(17)10-7-18-8-11(10)14/h3-5,10-11H,2,6-8,14H2,1H3,(H,16,17). The van der Waals surface area contributed by atoms with Gasteiger partial charge >= 0.3 is 0 Å². The number of rotatable bonds is 4. The van der Waals surface area contributed by atoms with E-state index < -0.39 is 0 Å². The first-order valence-electron chi connectivity index (χ1n) is 6.26. The first-order valence-corrected chi connectivity index (χ1v) is 6.26. The lowest BCUT2D eigenvalue weighted by molar-refractivity contribution is -0.125. The molecule has 0 spiro atoms. The van der Waals surface area contributed by atoms with Crippen molar-refractivity contribution >= 4 is 5.91 Å². The van der Waals surface area contributed by atoms with Crippen LogP contribution in [0.15, 0.2) is 18.3 Å². The second kappa shape index (κ2) is 5.93. The van der Waals surface area contributed by atoms with E-state index >= 15 is 0 Å². The molecule has 0 saturated carbocycles. The van der Waals surface area contributed by atoms with Gasteiger partial charge in [0, 0.05) is 12.2 Å². The number of aryl methyl sites for hydroxylation is 1. The van der Waals surface area contributed by atoms with Crippen LogP contribution in [-0.4, -0.2) is 30.1 Å². The van der Waals surface area contributed by atoms with E-state index in [9.17, 15) is 4.79 Å². The largest absolute Gasteiger partial charge is 0.379 e. The third-order valence-corrected chi connectivity index (χ3v) is 3.26. The number of pyridine rings is 1. The van der Waals surface area contributed by atoms with Gasteiger partial charge in [0.05, 0.1) is 31.4 Å². The second-order valence-electron chi connectivity index (χ2n) is 4.49. The van der Waals surface area contributed by atoms with Crippen LogP contribution in [0.25, 0.3) is 0 Å². The fourth-order valence-corrected chi connectivity index (χ4v) is 2.10. The highest BCUT2D eigenvalue weighted by molar-refractivity contribution is 5.79. The number of carbonyl (C=O) groups is 1. The van der Waals surface area contributed by atoms with Gasteiger partial charge in [0.15, 0.2) is 0 Å². The minimum absolute atomic E-state index is 0.0484. The molecular formula is C13H19N3O2. The van der Waals surface area contributed by atoms with Gasteiger partial charge in [0.2, 0.25) is 5.91 Å². The first-order chi connectivity index (χ1) is 8.72. The van der Waals surface area contributed by atoms with Crippen LogP contribution in [0.5, 0.6) is 0 Å². The fraction of sp³-hybridized carbons (Fsp3) is 0.538. The molecule has 0 aromatic carbocycles. The van der Waals surface area contributed by atoms with Crippen molar-refractivity contribution in [1.82, 2.24) is 10.3 Å². The van der Waals surface area contributed by atoms with E-state index in [0.29, 0.717) is 19.8 Å². The van der Waals surface area contributed by atoms with Crippen LogP contribution in [-0.2, 0) is 22.5 Å².